The first-order valence-corrected chi connectivity index (χ1v) is 7.79. The summed E-state index contributed by atoms with van der Waals surface area (Å²) in [5.41, 5.74) is 6.94. The SMILES string of the molecule is Nc1ccc(C(=O)O)cc1NC1CCS(=O)(=O)CC1. The van der Waals surface area contributed by atoms with Crippen molar-refractivity contribution in [2.75, 3.05) is 22.6 Å². The van der Waals surface area contributed by atoms with E-state index >= 15 is 0 Å². The number of anilines is 2. The Morgan fingerprint density at radius 3 is 2.53 bits per heavy atom. The fourth-order valence-corrected chi connectivity index (χ4v) is 3.56. The largest absolute Gasteiger partial charge is 0.478 e. The highest BCUT2D eigenvalue weighted by Crippen LogP contribution is 2.24. The van der Waals surface area contributed by atoms with E-state index in [2.05, 4.69) is 5.32 Å². The van der Waals surface area contributed by atoms with Crippen LogP contribution in [0.3, 0.4) is 0 Å². The molecule has 0 aromatic heterocycles. The molecule has 0 amide bonds. The molecule has 2 rings (SSSR count). The van der Waals surface area contributed by atoms with Crippen LogP contribution in [-0.2, 0) is 9.84 Å². The highest BCUT2D eigenvalue weighted by atomic mass is 32.2. The van der Waals surface area contributed by atoms with E-state index in [9.17, 15) is 13.2 Å². The van der Waals surface area contributed by atoms with Crippen molar-refractivity contribution in [1.29, 1.82) is 0 Å². The lowest BCUT2D eigenvalue weighted by atomic mass is 10.1. The Hall–Kier alpha value is -1.76. The number of carbonyl (C=O) groups is 1. The average molecular weight is 284 g/mol. The van der Waals surface area contributed by atoms with Crippen molar-refractivity contribution in [3.63, 3.8) is 0 Å². The number of carboxylic acids is 1. The summed E-state index contributed by atoms with van der Waals surface area (Å²) < 4.78 is 22.7. The van der Waals surface area contributed by atoms with Crippen LogP contribution in [0.1, 0.15) is 23.2 Å². The molecule has 1 saturated heterocycles. The molecule has 0 saturated carbocycles. The third kappa shape index (κ3) is 3.37. The van der Waals surface area contributed by atoms with E-state index in [0.717, 1.165) is 0 Å². The Labute approximate surface area is 111 Å². The summed E-state index contributed by atoms with van der Waals surface area (Å²) in [6.45, 7) is 0. The number of hydrogen-bond acceptors (Lipinski definition) is 5. The number of nitrogens with one attached hydrogen (secondary N) is 1. The third-order valence-electron chi connectivity index (χ3n) is 3.21. The van der Waals surface area contributed by atoms with E-state index in [4.69, 9.17) is 10.8 Å². The number of benzene rings is 1. The first kappa shape index (κ1) is 13.7. The topological polar surface area (TPSA) is 109 Å². The van der Waals surface area contributed by atoms with Gasteiger partial charge in [-0.3, -0.25) is 0 Å². The molecule has 1 aromatic rings. The zero-order valence-corrected chi connectivity index (χ0v) is 11.1. The number of nitrogens with two attached hydrogens (primary N) is 1. The van der Waals surface area contributed by atoms with Gasteiger partial charge in [0.25, 0.3) is 0 Å². The zero-order valence-electron chi connectivity index (χ0n) is 10.3. The maximum absolute atomic E-state index is 11.3. The summed E-state index contributed by atoms with van der Waals surface area (Å²) in [6.07, 6.45) is 1.03. The second-order valence-electron chi connectivity index (χ2n) is 4.68. The van der Waals surface area contributed by atoms with Crippen LogP contribution >= 0.6 is 0 Å². The first-order chi connectivity index (χ1) is 8.87. The summed E-state index contributed by atoms with van der Waals surface area (Å²) in [7, 11) is -2.91. The summed E-state index contributed by atoms with van der Waals surface area (Å²) in [6, 6.07) is 4.45. The molecule has 1 aromatic carbocycles. The van der Waals surface area contributed by atoms with E-state index in [1.165, 1.54) is 18.2 Å². The monoisotopic (exact) mass is 284 g/mol. The summed E-state index contributed by atoms with van der Waals surface area (Å²) in [5, 5.41) is 12.1. The van der Waals surface area contributed by atoms with Crippen LogP contribution in [0.25, 0.3) is 0 Å². The molecule has 19 heavy (non-hydrogen) atoms. The van der Waals surface area contributed by atoms with Gasteiger partial charge in [-0.2, -0.15) is 0 Å². The van der Waals surface area contributed by atoms with Crippen molar-refractivity contribution in [2.24, 2.45) is 0 Å². The van der Waals surface area contributed by atoms with E-state index in [0.29, 0.717) is 24.2 Å². The predicted molar refractivity (Wildman–Crippen MR) is 73.1 cm³/mol. The van der Waals surface area contributed by atoms with Gasteiger partial charge in [-0.05, 0) is 31.0 Å². The Bertz CT molecular complexity index is 584. The van der Waals surface area contributed by atoms with Crippen LogP contribution in [0.2, 0.25) is 0 Å². The molecule has 0 radical (unpaired) electrons. The molecule has 6 nitrogen and oxygen atoms in total. The van der Waals surface area contributed by atoms with Gasteiger partial charge in [0.05, 0.1) is 28.4 Å². The van der Waals surface area contributed by atoms with Crippen LogP contribution in [-0.4, -0.2) is 37.0 Å². The highest BCUT2D eigenvalue weighted by Gasteiger charge is 2.23. The van der Waals surface area contributed by atoms with E-state index in [1.54, 1.807) is 0 Å². The molecule has 0 bridgehead atoms. The fraction of sp³-hybridized carbons (Fsp3) is 0.417. The quantitative estimate of drug-likeness (QED) is 0.713. The second kappa shape index (κ2) is 5.08. The maximum atomic E-state index is 11.3. The normalized spacial score (nSPS) is 18.9. The molecule has 104 valence electrons. The van der Waals surface area contributed by atoms with E-state index in [-0.39, 0.29) is 23.1 Å². The first-order valence-electron chi connectivity index (χ1n) is 5.97. The van der Waals surface area contributed by atoms with Gasteiger partial charge in [-0.25, -0.2) is 13.2 Å². The molecule has 1 aliphatic heterocycles. The van der Waals surface area contributed by atoms with Crippen molar-refractivity contribution >= 4 is 27.2 Å². The van der Waals surface area contributed by atoms with Gasteiger partial charge in [-0.15, -0.1) is 0 Å². The van der Waals surface area contributed by atoms with Gasteiger partial charge in [0.2, 0.25) is 0 Å². The van der Waals surface area contributed by atoms with Crippen LogP contribution in [0.5, 0.6) is 0 Å². The van der Waals surface area contributed by atoms with Gasteiger partial charge in [0.1, 0.15) is 9.84 Å². The molecule has 1 heterocycles. The molecular formula is C12H16N2O4S. The Morgan fingerprint density at radius 2 is 1.95 bits per heavy atom. The van der Waals surface area contributed by atoms with Crippen molar-refractivity contribution in [3.05, 3.63) is 23.8 Å². The molecule has 0 unspecified atom stereocenters. The van der Waals surface area contributed by atoms with Gasteiger partial charge < -0.3 is 16.2 Å². The minimum atomic E-state index is -2.91. The van der Waals surface area contributed by atoms with Gasteiger partial charge in [0, 0.05) is 6.04 Å². The Morgan fingerprint density at radius 1 is 1.32 bits per heavy atom. The van der Waals surface area contributed by atoms with Gasteiger partial charge >= 0.3 is 5.97 Å². The number of hydrogen-bond donors (Lipinski definition) is 3. The van der Waals surface area contributed by atoms with Crippen LogP contribution in [0.15, 0.2) is 18.2 Å². The van der Waals surface area contributed by atoms with Gasteiger partial charge in [-0.1, -0.05) is 0 Å². The van der Waals surface area contributed by atoms with Crippen molar-refractivity contribution in [3.8, 4) is 0 Å². The molecule has 1 fully saturated rings. The van der Waals surface area contributed by atoms with Crippen molar-refractivity contribution < 1.29 is 18.3 Å². The standard InChI is InChI=1S/C12H16N2O4S/c13-10-2-1-8(12(15)16)7-11(10)14-9-3-5-19(17,18)6-4-9/h1-2,7,9,14H,3-6,13H2,(H,15,16). The van der Waals surface area contributed by atoms with Crippen LogP contribution < -0.4 is 11.1 Å². The number of rotatable bonds is 3. The summed E-state index contributed by atoms with van der Waals surface area (Å²) in [5.74, 6) is -0.707. The lowest BCUT2D eigenvalue weighted by Crippen LogP contribution is -2.32. The summed E-state index contributed by atoms with van der Waals surface area (Å²) in [4.78, 5) is 10.9. The smallest absolute Gasteiger partial charge is 0.335 e. The van der Waals surface area contributed by atoms with E-state index < -0.39 is 15.8 Å². The average Bonchev–Trinajstić information content (AvgIpc) is 2.34. The highest BCUT2D eigenvalue weighted by molar-refractivity contribution is 7.91. The van der Waals surface area contributed by atoms with Gasteiger partial charge in [0.15, 0.2) is 0 Å². The van der Waals surface area contributed by atoms with Crippen molar-refractivity contribution in [2.45, 2.75) is 18.9 Å². The predicted octanol–water partition coefficient (Wildman–Crippen LogP) is 0.956. The molecule has 0 atom stereocenters. The lowest BCUT2D eigenvalue weighted by molar-refractivity contribution is 0.0697. The van der Waals surface area contributed by atoms with E-state index in [1.807, 2.05) is 0 Å². The minimum absolute atomic E-state index is 0.00914. The molecule has 4 N–H and O–H groups in total. The van der Waals surface area contributed by atoms with Crippen LogP contribution in [0, 0.1) is 0 Å². The Kier molecular flexibility index (Phi) is 3.66. The Balaban J connectivity index is 2.11. The second-order valence-corrected chi connectivity index (χ2v) is 6.98. The molecular weight excluding hydrogens is 268 g/mol. The fourth-order valence-electron chi connectivity index (χ4n) is 2.07. The number of sulfone groups is 1. The maximum Gasteiger partial charge on any atom is 0.335 e. The molecule has 7 heteroatoms. The van der Waals surface area contributed by atoms with Crippen molar-refractivity contribution in [1.82, 2.24) is 0 Å². The number of carboxylic acid groups (broad SMARTS) is 1. The molecule has 0 spiro atoms. The molecule has 1 aliphatic rings. The number of aromatic carboxylic acids is 1. The summed E-state index contributed by atoms with van der Waals surface area (Å²) >= 11 is 0. The lowest BCUT2D eigenvalue weighted by Gasteiger charge is -2.24. The van der Waals surface area contributed by atoms with Crippen LogP contribution in [0.4, 0.5) is 11.4 Å². The molecule has 0 aliphatic carbocycles. The number of nitrogen functional groups attached to an aromatic ring is 1. The zero-order chi connectivity index (χ0) is 14.0. The third-order valence-corrected chi connectivity index (χ3v) is 4.93. The minimum Gasteiger partial charge on any atom is -0.478 e.